The summed E-state index contributed by atoms with van der Waals surface area (Å²) in [6.07, 6.45) is 1.70. The van der Waals surface area contributed by atoms with Crippen LogP contribution in [0, 0.1) is 5.92 Å². The molecule has 1 heterocycles. The third-order valence-electron chi connectivity index (χ3n) is 4.43. The minimum absolute atomic E-state index is 0.119. The molecule has 1 unspecified atom stereocenters. The number of para-hydroxylation sites is 1. The lowest BCUT2D eigenvalue weighted by atomic mass is 9.88. The lowest BCUT2D eigenvalue weighted by molar-refractivity contribution is -0.123. The van der Waals surface area contributed by atoms with Crippen molar-refractivity contribution >= 4 is 16.8 Å². The van der Waals surface area contributed by atoms with Crippen molar-refractivity contribution in [3.8, 4) is 0 Å². The maximum Gasteiger partial charge on any atom is 0.261 e. The van der Waals surface area contributed by atoms with Crippen molar-refractivity contribution in [1.29, 1.82) is 0 Å². The zero-order valence-corrected chi connectivity index (χ0v) is 13.9. The number of nitrogens with two attached hydrogens (primary N) is 1. The Morgan fingerprint density at radius 2 is 2.09 bits per heavy atom. The number of rotatable bonds is 6. The lowest BCUT2D eigenvalue weighted by Gasteiger charge is -2.33. The van der Waals surface area contributed by atoms with E-state index in [4.69, 9.17) is 5.73 Å². The van der Waals surface area contributed by atoms with Crippen LogP contribution in [-0.4, -0.2) is 27.5 Å². The van der Waals surface area contributed by atoms with Gasteiger partial charge in [-0.1, -0.05) is 26.0 Å². The summed E-state index contributed by atoms with van der Waals surface area (Å²) in [5.74, 6) is 0.105. The van der Waals surface area contributed by atoms with Crippen molar-refractivity contribution < 1.29 is 4.79 Å². The Labute approximate surface area is 135 Å². The van der Waals surface area contributed by atoms with Gasteiger partial charge in [0.05, 0.1) is 22.8 Å². The van der Waals surface area contributed by atoms with Gasteiger partial charge in [0.15, 0.2) is 0 Å². The molecule has 0 aliphatic carbocycles. The Kier molecular flexibility index (Phi) is 5.15. The molecular formula is C17H24N4O2. The second-order valence-corrected chi connectivity index (χ2v) is 6.33. The highest BCUT2D eigenvalue weighted by atomic mass is 16.2. The van der Waals surface area contributed by atoms with Crippen LogP contribution in [-0.2, 0) is 11.3 Å². The first kappa shape index (κ1) is 17.1. The van der Waals surface area contributed by atoms with Crippen molar-refractivity contribution in [3.63, 3.8) is 0 Å². The molecule has 0 aliphatic heterocycles. The van der Waals surface area contributed by atoms with Crippen molar-refractivity contribution in [2.75, 3.05) is 6.54 Å². The fraction of sp³-hybridized carbons (Fsp3) is 0.471. The van der Waals surface area contributed by atoms with Gasteiger partial charge < -0.3 is 11.1 Å². The molecular weight excluding hydrogens is 292 g/mol. The van der Waals surface area contributed by atoms with Crippen LogP contribution in [0.25, 0.3) is 10.9 Å². The topological polar surface area (TPSA) is 90.0 Å². The van der Waals surface area contributed by atoms with E-state index in [2.05, 4.69) is 10.3 Å². The van der Waals surface area contributed by atoms with E-state index in [9.17, 15) is 9.59 Å². The molecule has 23 heavy (non-hydrogen) atoms. The van der Waals surface area contributed by atoms with Gasteiger partial charge in [-0.25, -0.2) is 4.98 Å². The molecule has 0 bridgehead atoms. The van der Waals surface area contributed by atoms with Gasteiger partial charge in [-0.3, -0.25) is 14.2 Å². The van der Waals surface area contributed by atoms with Crippen molar-refractivity contribution in [2.24, 2.45) is 11.7 Å². The normalized spacial score (nSPS) is 14.0. The van der Waals surface area contributed by atoms with Gasteiger partial charge in [-0.05, 0) is 25.0 Å². The first-order chi connectivity index (χ1) is 10.9. The molecule has 1 amide bonds. The molecule has 3 N–H and O–H groups in total. The molecule has 6 nitrogen and oxygen atoms in total. The number of aromatic nitrogens is 2. The SMILES string of the molecule is CC(C)C(C)(CN)NC(=O)CCn1cnc2ccccc2c1=O. The van der Waals surface area contributed by atoms with Crippen LogP contribution in [0.1, 0.15) is 27.2 Å². The highest BCUT2D eigenvalue weighted by Gasteiger charge is 2.28. The second kappa shape index (κ2) is 6.91. The van der Waals surface area contributed by atoms with Crippen molar-refractivity contribution in [2.45, 2.75) is 39.3 Å². The number of hydrogen-bond donors (Lipinski definition) is 2. The standard InChI is InChI=1S/C17H24N4O2/c1-12(2)17(3,10-18)20-15(22)8-9-21-11-19-14-7-5-4-6-13(14)16(21)23/h4-7,11-12H,8-10,18H2,1-3H3,(H,20,22). The van der Waals surface area contributed by atoms with Gasteiger partial charge in [-0.2, -0.15) is 0 Å². The number of nitrogens with zero attached hydrogens (tertiary/aromatic N) is 2. The summed E-state index contributed by atoms with van der Waals surface area (Å²) in [5.41, 5.74) is 5.86. The predicted octanol–water partition coefficient (Wildman–Crippen LogP) is 1.28. The molecule has 0 fully saturated rings. The third-order valence-corrected chi connectivity index (χ3v) is 4.43. The van der Waals surface area contributed by atoms with Gasteiger partial charge in [0, 0.05) is 19.5 Å². The zero-order valence-electron chi connectivity index (χ0n) is 13.9. The Balaban J connectivity index is 2.08. The Bertz CT molecular complexity index is 754. The number of nitrogens with one attached hydrogen (secondary N) is 1. The van der Waals surface area contributed by atoms with Crippen molar-refractivity contribution in [1.82, 2.24) is 14.9 Å². The van der Waals surface area contributed by atoms with Crippen molar-refractivity contribution in [3.05, 3.63) is 40.9 Å². The van der Waals surface area contributed by atoms with Crippen LogP contribution in [0.2, 0.25) is 0 Å². The Hall–Kier alpha value is -2.21. The molecule has 0 saturated heterocycles. The molecule has 6 heteroatoms. The van der Waals surface area contributed by atoms with E-state index in [0.29, 0.717) is 24.0 Å². The minimum atomic E-state index is -0.441. The van der Waals surface area contributed by atoms with E-state index >= 15 is 0 Å². The molecule has 124 valence electrons. The summed E-state index contributed by atoms with van der Waals surface area (Å²) in [6, 6.07) is 7.18. The molecule has 1 aromatic carbocycles. The van der Waals surface area contributed by atoms with Crippen LogP contribution < -0.4 is 16.6 Å². The highest BCUT2D eigenvalue weighted by Crippen LogP contribution is 2.14. The Morgan fingerprint density at radius 1 is 1.39 bits per heavy atom. The van der Waals surface area contributed by atoms with E-state index in [1.807, 2.05) is 26.8 Å². The van der Waals surface area contributed by atoms with Gasteiger partial charge >= 0.3 is 0 Å². The van der Waals surface area contributed by atoms with E-state index in [-0.39, 0.29) is 23.8 Å². The monoisotopic (exact) mass is 316 g/mol. The largest absolute Gasteiger partial charge is 0.349 e. The number of benzene rings is 1. The fourth-order valence-corrected chi connectivity index (χ4v) is 2.30. The summed E-state index contributed by atoms with van der Waals surface area (Å²) in [6.45, 7) is 6.63. The Morgan fingerprint density at radius 3 is 2.74 bits per heavy atom. The maximum absolute atomic E-state index is 12.4. The molecule has 1 atom stereocenters. The molecule has 1 aromatic heterocycles. The predicted molar refractivity (Wildman–Crippen MR) is 91.1 cm³/mol. The summed E-state index contributed by atoms with van der Waals surface area (Å²) in [4.78, 5) is 28.8. The molecule has 0 aliphatic rings. The van der Waals surface area contributed by atoms with Gasteiger partial charge in [0.2, 0.25) is 5.91 Å². The minimum Gasteiger partial charge on any atom is -0.349 e. The molecule has 0 spiro atoms. The first-order valence-corrected chi connectivity index (χ1v) is 7.82. The maximum atomic E-state index is 12.4. The number of aryl methyl sites for hydroxylation is 1. The molecule has 2 rings (SSSR count). The quantitative estimate of drug-likeness (QED) is 0.840. The second-order valence-electron chi connectivity index (χ2n) is 6.33. The summed E-state index contributed by atoms with van der Waals surface area (Å²) in [5, 5.41) is 3.53. The molecule has 0 saturated carbocycles. The molecule has 2 aromatic rings. The van der Waals surface area contributed by atoms with E-state index in [1.54, 1.807) is 18.2 Å². The lowest BCUT2D eigenvalue weighted by Crippen LogP contribution is -2.55. The smallest absolute Gasteiger partial charge is 0.261 e. The zero-order chi connectivity index (χ0) is 17.0. The van der Waals surface area contributed by atoms with Crippen LogP contribution in [0.3, 0.4) is 0 Å². The van der Waals surface area contributed by atoms with E-state index in [0.717, 1.165) is 0 Å². The van der Waals surface area contributed by atoms with Gasteiger partial charge in [0.25, 0.3) is 5.56 Å². The fourth-order valence-electron chi connectivity index (χ4n) is 2.30. The number of fused-ring (bicyclic) bond motifs is 1. The summed E-state index contributed by atoms with van der Waals surface area (Å²) in [7, 11) is 0. The van der Waals surface area contributed by atoms with Crippen LogP contribution in [0.4, 0.5) is 0 Å². The number of amides is 1. The average Bonchev–Trinajstić information content (AvgIpc) is 2.54. The van der Waals surface area contributed by atoms with Gasteiger partial charge in [-0.15, -0.1) is 0 Å². The summed E-state index contributed by atoms with van der Waals surface area (Å²) < 4.78 is 1.47. The number of carbonyl (C=O) groups is 1. The van der Waals surface area contributed by atoms with Crippen LogP contribution in [0.15, 0.2) is 35.4 Å². The van der Waals surface area contributed by atoms with E-state index in [1.165, 1.54) is 10.9 Å². The highest BCUT2D eigenvalue weighted by molar-refractivity contribution is 5.78. The molecule has 0 radical (unpaired) electrons. The number of hydrogen-bond acceptors (Lipinski definition) is 4. The number of carbonyl (C=O) groups excluding carboxylic acids is 1. The van der Waals surface area contributed by atoms with Gasteiger partial charge in [0.1, 0.15) is 0 Å². The summed E-state index contributed by atoms with van der Waals surface area (Å²) >= 11 is 0. The average molecular weight is 316 g/mol. The third kappa shape index (κ3) is 3.76. The van der Waals surface area contributed by atoms with Crippen LogP contribution in [0.5, 0.6) is 0 Å². The first-order valence-electron chi connectivity index (χ1n) is 7.82. The van der Waals surface area contributed by atoms with Crippen LogP contribution >= 0.6 is 0 Å². The van der Waals surface area contributed by atoms with E-state index < -0.39 is 5.54 Å².